The Morgan fingerprint density at radius 1 is 0.540 bits per heavy atom. The summed E-state index contributed by atoms with van der Waals surface area (Å²) in [6.45, 7) is 9.87. The Morgan fingerprint density at radius 3 is 1.96 bits per heavy atom. The number of benzene rings is 5. The quantitative estimate of drug-likeness (QED) is 0.189. The van der Waals surface area contributed by atoms with Crippen LogP contribution < -0.4 is 4.90 Å². The van der Waals surface area contributed by atoms with E-state index in [2.05, 4.69) is 136 Å². The van der Waals surface area contributed by atoms with Crippen molar-refractivity contribution in [3.63, 3.8) is 0 Å². The van der Waals surface area contributed by atoms with E-state index in [1.165, 1.54) is 95.0 Å². The minimum atomic E-state index is 0.0460. The summed E-state index contributed by atoms with van der Waals surface area (Å²) in [7, 11) is 0. The fraction of sp³-hybridized carbons (Fsp3) is 0.375. The predicted molar refractivity (Wildman–Crippen MR) is 207 cm³/mol. The van der Waals surface area contributed by atoms with E-state index in [0.29, 0.717) is 11.8 Å². The molecule has 1 spiro atoms. The Hall–Kier alpha value is -4.30. The molecular weight excluding hydrogens is 607 g/mol. The third kappa shape index (κ3) is 3.75. The molecule has 0 aliphatic heterocycles. The molecule has 0 saturated heterocycles. The number of furan rings is 1. The van der Waals surface area contributed by atoms with Gasteiger partial charge in [-0.3, -0.25) is 0 Å². The van der Waals surface area contributed by atoms with Crippen LogP contribution in [-0.2, 0) is 16.2 Å². The van der Waals surface area contributed by atoms with Crippen molar-refractivity contribution in [3.8, 4) is 11.1 Å². The highest BCUT2D eigenvalue weighted by atomic mass is 16.3. The summed E-state index contributed by atoms with van der Waals surface area (Å²) in [4.78, 5) is 2.69. The summed E-state index contributed by atoms with van der Waals surface area (Å²) in [6, 6.07) is 39.5. The van der Waals surface area contributed by atoms with Gasteiger partial charge in [-0.25, -0.2) is 0 Å². The minimum absolute atomic E-state index is 0.0460. The Labute approximate surface area is 296 Å². The topological polar surface area (TPSA) is 16.4 Å². The van der Waals surface area contributed by atoms with Crippen molar-refractivity contribution in [2.75, 3.05) is 4.90 Å². The van der Waals surface area contributed by atoms with Crippen molar-refractivity contribution in [3.05, 3.63) is 125 Å². The summed E-state index contributed by atoms with van der Waals surface area (Å²) in [6.07, 6.45) is 9.35. The lowest BCUT2D eigenvalue weighted by atomic mass is 9.43. The summed E-state index contributed by atoms with van der Waals surface area (Å²) >= 11 is 0. The first-order chi connectivity index (χ1) is 24.2. The standard InChI is InChI=1S/C48H47NO/c1-46(2)21-22-47(3,4)45-39(46)15-10-17-41(45)49(33-19-20-36-35-12-6-8-18-42(35)50-43(36)28-33)40-16-9-13-37-34-11-5-7-14-38(34)48(44(37)40)31-24-29-23-30(26-31)27-32(48)25-29/h5-20,28-32H,21-27H2,1-4H3. The molecule has 6 aliphatic rings. The molecule has 0 radical (unpaired) electrons. The maximum Gasteiger partial charge on any atom is 0.137 e. The lowest BCUT2D eigenvalue weighted by Gasteiger charge is -2.61. The Balaban J connectivity index is 1.23. The second-order valence-corrected chi connectivity index (χ2v) is 18.0. The van der Waals surface area contributed by atoms with Gasteiger partial charge in [-0.1, -0.05) is 94.4 Å². The molecule has 0 unspecified atom stereocenters. The largest absolute Gasteiger partial charge is 0.456 e. The van der Waals surface area contributed by atoms with Crippen LogP contribution in [0.5, 0.6) is 0 Å². The van der Waals surface area contributed by atoms with E-state index < -0.39 is 0 Å². The molecule has 1 aromatic heterocycles. The van der Waals surface area contributed by atoms with Gasteiger partial charge in [-0.05, 0) is 143 Å². The Morgan fingerprint density at radius 2 is 1.16 bits per heavy atom. The van der Waals surface area contributed by atoms with Crippen LogP contribution in [0.4, 0.5) is 17.1 Å². The Kier molecular flexibility index (Phi) is 5.85. The number of hydrogen-bond donors (Lipinski definition) is 0. The first-order valence-corrected chi connectivity index (χ1v) is 19.3. The summed E-state index contributed by atoms with van der Waals surface area (Å²) in [5, 5.41) is 2.37. The third-order valence-electron chi connectivity index (χ3n) is 14.5. The zero-order valence-electron chi connectivity index (χ0n) is 29.9. The van der Waals surface area contributed by atoms with Crippen LogP contribution in [0.3, 0.4) is 0 Å². The second kappa shape index (κ2) is 9.93. The van der Waals surface area contributed by atoms with Gasteiger partial charge in [0.25, 0.3) is 0 Å². The van der Waals surface area contributed by atoms with Gasteiger partial charge in [0.2, 0.25) is 0 Å². The van der Waals surface area contributed by atoms with E-state index in [1.807, 2.05) is 0 Å². The molecule has 4 fully saturated rings. The second-order valence-electron chi connectivity index (χ2n) is 18.0. The lowest BCUT2D eigenvalue weighted by Crippen LogP contribution is -2.55. The van der Waals surface area contributed by atoms with Crippen LogP contribution in [0, 0.1) is 23.7 Å². The van der Waals surface area contributed by atoms with E-state index in [1.54, 1.807) is 11.1 Å². The molecule has 6 aliphatic carbocycles. The van der Waals surface area contributed by atoms with E-state index in [0.717, 1.165) is 23.0 Å². The first-order valence-electron chi connectivity index (χ1n) is 19.3. The number of nitrogens with zero attached hydrogens (tertiary/aromatic N) is 1. The molecule has 6 aromatic rings. The van der Waals surface area contributed by atoms with Gasteiger partial charge in [0.1, 0.15) is 11.2 Å². The average molecular weight is 654 g/mol. The van der Waals surface area contributed by atoms with Crippen molar-refractivity contribution < 1.29 is 4.42 Å². The fourth-order valence-electron chi connectivity index (χ4n) is 12.5. The minimum Gasteiger partial charge on any atom is -0.456 e. The van der Waals surface area contributed by atoms with Gasteiger partial charge in [0, 0.05) is 27.9 Å². The monoisotopic (exact) mass is 653 g/mol. The van der Waals surface area contributed by atoms with Gasteiger partial charge in [-0.2, -0.15) is 0 Å². The first kappa shape index (κ1) is 29.4. The molecule has 50 heavy (non-hydrogen) atoms. The van der Waals surface area contributed by atoms with E-state index in [9.17, 15) is 0 Å². The normalized spacial score (nSPS) is 27.8. The molecular formula is C48H47NO. The van der Waals surface area contributed by atoms with Crippen LogP contribution in [-0.4, -0.2) is 0 Å². The van der Waals surface area contributed by atoms with Crippen molar-refractivity contribution in [1.82, 2.24) is 0 Å². The fourth-order valence-corrected chi connectivity index (χ4v) is 12.5. The maximum atomic E-state index is 6.61. The van der Waals surface area contributed by atoms with Gasteiger partial charge in [0.15, 0.2) is 0 Å². The van der Waals surface area contributed by atoms with Gasteiger partial charge in [-0.15, -0.1) is 0 Å². The van der Waals surface area contributed by atoms with E-state index in [4.69, 9.17) is 4.42 Å². The Bertz CT molecular complexity index is 2340. The highest BCUT2D eigenvalue weighted by Crippen LogP contribution is 2.71. The molecule has 4 saturated carbocycles. The number of fused-ring (bicyclic) bond motifs is 7. The van der Waals surface area contributed by atoms with Crippen molar-refractivity contribution in [2.45, 2.75) is 88.9 Å². The van der Waals surface area contributed by atoms with Crippen molar-refractivity contribution in [1.29, 1.82) is 0 Å². The summed E-state index contributed by atoms with van der Waals surface area (Å²) in [5.74, 6) is 3.20. The highest BCUT2D eigenvalue weighted by Gasteiger charge is 2.62. The molecule has 0 amide bonds. The number of para-hydroxylation sites is 1. The molecule has 0 atom stereocenters. The summed E-state index contributed by atoms with van der Waals surface area (Å²) in [5.41, 5.74) is 15.2. The van der Waals surface area contributed by atoms with Crippen LogP contribution in [0.25, 0.3) is 33.1 Å². The molecule has 2 heteroatoms. The molecule has 1 heterocycles. The zero-order valence-corrected chi connectivity index (χ0v) is 29.9. The molecule has 0 N–H and O–H groups in total. The van der Waals surface area contributed by atoms with E-state index in [-0.39, 0.29) is 16.2 Å². The number of hydrogen-bond acceptors (Lipinski definition) is 2. The SMILES string of the molecule is CC1(C)CCC(C)(C)c2c(N(c3ccc4c(c3)oc3ccccc34)c3cccc4c3C3(c5ccccc5-4)C4CC5CC(C4)CC3C5)cccc21. The molecule has 12 rings (SSSR count). The van der Waals surface area contributed by atoms with Crippen LogP contribution in [0.15, 0.2) is 108 Å². The van der Waals surface area contributed by atoms with Crippen LogP contribution in [0.2, 0.25) is 0 Å². The highest BCUT2D eigenvalue weighted by molar-refractivity contribution is 6.06. The smallest absolute Gasteiger partial charge is 0.137 e. The van der Waals surface area contributed by atoms with Crippen molar-refractivity contribution in [2.24, 2.45) is 23.7 Å². The summed E-state index contributed by atoms with van der Waals surface area (Å²) < 4.78 is 6.61. The number of anilines is 3. The van der Waals surface area contributed by atoms with Gasteiger partial charge in [0.05, 0.1) is 11.4 Å². The van der Waals surface area contributed by atoms with Crippen LogP contribution >= 0.6 is 0 Å². The molecule has 250 valence electrons. The molecule has 4 bridgehead atoms. The van der Waals surface area contributed by atoms with Crippen molar-refractivity contribution >= 4 is 39.0 Å². The van der Waals surface area contributed by atoms with E-state index >= 15 is 0 Å². The number of rotatable bonds is 3. The third-order valence-corrected chi connectivity index (χ3v) is 14.5. The predicted octanol–water partition coefficient (Wildman–Crippen LogP) is 13.1. The molecule has 5 aromatic carbocycles. The zero-order chi connectivity index (χ0) is 33.6. The lowest BCUT2D eigenvalue weighted by molar-refractivity contribution is -0.0397. The van der Waals surface area contributed by atoms with Crippen LogP contribution in [0.1, 0.15) is 94.9 Å². The average Bonchev–Trinajstić information content (AvgIpc) is 3.63. The van der Waals surface area contributed by atoms with Gasteiger partial charge < -0.3 is 9.32 Å². The molecule has 2 nitrogen and oxygen atoms in total. The maximum absolute atomic E-state index is 6.61. The van der Waals surface area contributed by atoms with Gasteiger partial charge >= 0.3 is 0 Å².